The minimum Gasteiger partial charge on any atom is -0.350 e. The fraction of sp³-hybridized carbons (Fsp3) is 0.500. The maximum absolute atomic E-state index is 13.4. The molecule has 1 amide bonds. The molecule has 1 saturated carbocycles. The van der Waals surface area contributed by atoms with Crippen molar-refractivity contribution in [2.24, 2.45) is 5.73 Å². The number of carbonyl (C=O) groups excluding carboxylic acids is 1. The largest absolute Gasteiger partial charge is 0.350 e. The number of hydrogen-bond donors (Lipinski definition) is 2. The summed E-state index contributed by atoms with van der Waals surface area (Å²) in [7, 11) is 0. The molecule has 3 N–H and O–H groups in total. The van der Waals surface area contributed by atoms with E-state index in [9.17, 15) is 13.6 Å². The van der Waals surface area contributed by atoms with Crippen molar-refractivity contribution in [2.75, 3.05) is 6.54 Å². The van der Waals surface area contributed by atoms with E-state index in [1.165, 1.54) is 12.1 Å². The summed E-state index contributed by atoms with van der Waals surface area (Å²) in [5.74, 6) is -2.75. The van der Waals surface area contributed by atoms with Gasteiger partial charge in [0.05, 0.1) is 5.56 Å². The van der Waals surface area contributed by atoms with E-state index in [4.69, 9.17) is 5.73 Å². The van der Waals surface area contributed by atoms with Gasteiger partial charge in [-0.15, -0.1) is 0 Å². The van der Waals surface area contributed by atoms with Crippen LogP contribution in [-0.4, -0.2) is 18.0 Å². The van der Waals surface area contributed by atoms with Crippen molar-refractivity contribution in [3.8, 4) is 0 Å². The highest BCUT2D eigenvalue weighted by Crippen LogP contribution is 2.25. The SMILES string of the molecule is NC1(CNC(=O)c2cccc(F)c2F)CCCCC1. The van der Waals surface area contributed by atoms with Crippen molar-refractivity contribution in [1.82, 2.24) is 5.32 Å². The van der Waals surface area contributed by atoms with Crippen LogP contribution in [0.4, 0.5) is 8.78 Å². The van der Waals surface area contributed by atoms with Crippen LogP contribution in [0.1, 0.15) is 42.5 Å². The van der Waals surface area contributed by atoms with Crippen molar-refractivity contribution >= 4 is 5.91 Å². The van der Waals surface area contributed by atoms with Crippen LogP contribution in [0.2, 0.25) is 0 Å². The second-order valence-electron chi connectivity index (χ2n) is 5.21. The predicted octanol–water partition coefficient (Wildman–Crippen LogP) is 2.36. The van der Waals surface area contributed by atoms with E-state index >= 15 is 0 Å². The lowest BCUT2D eigenvalue weighted by Crippen LogP contribution is -2.51. The smallest absolute Gasteiger partial charge is 0.254 e. The Bertz CT molecular complexity index is 471. The number of amides is 1. The third-order valence-electron chi connectivity index (χ3n) is 3.65. The topological polar surface area (TPSA) is 55.1 Å². The molecule has 104 valence electrons. The van der Waals surface area contributed by atoms with E-state index in [-0.39, 0.29) is 5.56 Å². The molecular weight excluding hydrogens is 250 g/mol. The monoisotopic (exact) mass is 268 g/mol. The molecule has 0 spiro atoms. The molecule has 3 nitrogen and oxygen atoms in total. The molecule has 1 aromatic rings. The van der Waals surface area contributed by atoms with Crippen LogP contribution in [0.5, 0.6) is 0 Å². The average molecular weight is 268 g/mol. The summed E-state index contributed by atoms with van der Waals surface area (Å²) < 4.78 is 26.5. The third kappa shape index (κ3) is 3.29. The lowest BCUT2D eigenvalue weighted by molar-refractivity contribution is 0.0932. The number of benzene rings is 1. The van der Waals surface area contributed by atoms with Gasteiger partial charge in [0.1, 0.15) is 0 Å². The van der Waals surface area contributed by atoms with Gasteiger partial charge in [-0.3, -0.25) is 4.79 Å². The molecule has 2 rings (SSSR count). The van der Waals surface area contributed by atoms with Gasteiger partial charge < -0.3 is 11.1 Å². The standard InChI is InChI=1S/C14H18F2N2O/c15-11-6-4-5-10(12(11)16)13(19)18-9-14(17)7-2-1-3-8-14/h4-6H,1-3,7-9,17H2,(H,18,19). The Hall–Kier alpha value is -1.49. The van der Waals surface area contributed by atoms with E-state index in [1.807, 2.05) is 0 Å². The molecule has 19 heavy (non-hydrogen) atoms. The molecule has 0 bridgehead atoms. The van der Waals surface area contributed by atoms with Crippen molar-refractivity contribution in [1.29, 1.82) is 0 Å². The molecule has 5 heteroatoms. The Morgan fingerprint density at radius 3 is 2.63 bits per heavy atom. The van der Waals surface area contributed by atoms with Crippen LogP contribution in [0.15, 0.2) is 18.2 Å². The molecule has 0 aliphatic heterocycles. The van der Waals surface area contributed by atoms with Crippen molar-refractivity contribution in [3.05, 3.63) is 35.4 Å². The Morgan fingerprint density at radius 2 is 1.95 bits per heavy atom. The highest BCUT2D eigenvalue weighted by atomic mass is 19.2. The number of hydrogen-bond acceptors (Lipinski definition) is 2. The highest BCUT2D eigenvalue weighted by molar-refractivity contribution is 5.94. The number of halogens is 2. The van der Waals surface area contributed by atoms with Crippen molar-refractivity contribution in [3.63, 3.8) is 0 Å². The second kappa shape index (κ2) is 5.65. The van der Waals surface area contributed by atoms with Crippen LogP contribution in [0.25, 0.3) is 0 Å². The van der Waals surface area contributed by atoms with E-state index < -0.39 is 23.1 Å². The molecular formula is C14H18F2N2O. The first-order valence-corrected chi connectivity index (χ1v) is 6.53. The summed E-state index contributed by atoms with van der Waals surface area (Å²) >= 11 is 0. The summed E-state index contributed by atoms with van der Waals surface area (Å²) in [6.07, 6.45) is 4.94. The van der Waals surface area contributed by atoms with Crippen LogP contribution in [0, 0.1) is 11.6 Å². The maximum atomic E-state index is 13.4. The zero-order chi connectivity index (χ0) is 13.9. The first-order chi connectivity index (χ1) is 9.02. The fourth-order valence-corrected chi connectivity index (χ4v) is 2.46. The van der Waals surface area contributed by atoms with Crippen LogP contribution in [-0.2, 0) is 0 Å². The van der Waals surface area contributed by atoms with Gasteiger partial charge >= 0.3 is 0 Å². The second-order valence-corrected chi connectivity index (χ2v) is 5.21. The summed E-state index contributed by atoms with van der Waals surface area (Å²) in [6.45, 7) is 0.293. The Labute approximate surface area is 111 Å². The predicted molar refractivity (Wildman–Crippen MR) is 68.7 cm³/mol. The van der Waals surface area contributed by atoms with Crippen molar-refractivity contribution in [2.45, 2.75) is 37.6 Å². The van der Waals surface area contributed by atoms with Gasteiger partial charge in [0, 0.05) is 12.1 Å². The molecule has 1 aliphatic carbocycles. The quantitative estimate of drug-likeness (QED) is 0.884. The highest BCUT2D eigenvalue weighted by Gasteiger charge is 2.28. The Kier molecular flexibility index (Phi) is 4.14. The maximum Gasteiger partial charge on any atom is 0.254 e. The van der Waals surface area contributed by atoms with E-state index in [0.717, 1.165) is 38.2 Å². The normalized spacial score (nSPS) is 18.1. The lowest BCUT2D eigenvalue weighted by Gasteiger charge is -2.33. The molecule has 0 atom stereocenters. The van der Waals surface area contributed by atoms with Crippen LogP contribution in [0.3, 0.4) is 0 Å². The minimum absolute atomic E-state index is 0.278. The summed E-state index contributed by atoms with van der Waals surface area (Å²) in [4.78, 5) is 11.8. The third-order valence-corrected chi connectivity index (χ3v) is 3.65. The summed E-state index contributed by atoms with van der Waals surface area (Å²) in [6, 6.07) is 3.56. The van der Waals surface area contributed by atoms with Gasteiger partial charge in [0.25, 0.3) is 5.91 Å². The molecule has 0 aromatic heterocycles. The minimum atomic E-state index is -1.12. The van der Waals surface area contributed by atoms with Gasteiger partial charge in [-0.1, -0.05) is 25.3 Å². The summed E-state index contributed by atoms with van der Waals surface area (Å²) in [5, 5.41) is 2.61. The number of nitrogens with one attached hydrogen (secondary N) is 1. The van der Waals surface area contributed by atoms with E-state index in [0.29, 0.717) is 6.54 Å². The Morgan fingerprint density at radius 1 is 1.26 bits per heavy atom. The summed E-state index contributed by atoms with van der Waals surface area (Å²) in [5.41, 5.74) is 5.47. The molecule has 0 unspecified atom stereocenters. The molecule has 1 fully saturated rings. The average Bonchev–Trinajstić information content (AvgIpc) is 2.40. The van der Waals surface area contributed by atoms with E-state index in [1.54, 1.807) is 0 Å². The first-order valence-electron chi connectivity index (χ1n) is 6.53. The fourth-order valence-electron chi connectivity index (χ4n) is 2.46. The molecule has 1 aliphatic rings. The van der Waals surface area contributed by atoms with Crippen LogP contribution < -0.4 is 11.1 Å². The van der Waals surface area contributed by atoms with Crippen LogP contribution >= 0.6 is 0 Å². The zero-order valence-electron chi connectivity index (χ0n) is 10.7. The van der Waals surface area contributed by atoms with Crippen molar-refractivity contribution < 1.29 is 13.6 Å². The van der Waals surface area contributed by atoms with Gasteiger partial charge in [0.2, 0.25) is 0 Å². The molecule has 0 saturated heterocycles. The molecule has 1 aromatic carbocycles. The lowest BCUT2D eigenvalue weighted by atomic mass is 9.82. The Balaban J connectivity index is 1.99. The van der Waals surface area contributed by atoms with Gasteiger partial charge in [0.15, 0.2) is 11.6 Å². The van der Waals surface area contributed by atoms with E-state index in [2.05, 4.69) is 5.32 Å². The number of nitrogens with two attached hydrogens (primary N) is 1. The first kappa shape index (κ1) is 13.9. The molecule has 0 radical (unpaired) electrons. The van der Waals surface area contributed by atoms with Gasteiger partial charge in [-0.25, -0.2) is 8.78 Å². The van der Waals surface area contributed by atoms with Gasteiger partial charge in [-0.2, -0.15) is 0 Å². The number of carbonyl (C=O) groups is 1. The van der Waals surface area contributed by atoms with Gasteiger partial charge in [-0.05, 0) is 25.0 Å². The number of rotatable bonds is 3. The zero-order valence-corrected chi connectivity index (χ0v) is 10.7. The molecule has 0 heterocycles.